The van der Waals surface area contributed by atoms with Crippen molar-refractivity contribution in [3.05, 3.63) is 53.0 Å². The van der Waals surface area contributed by atoms with E-state index in [0.717, 1.165) is 0 Å². The van der Waals surface area contributed by atoms with Crippen LogP contribution in [-0.4, -0.2) is 28.2 Å². The van der Waals surface area contributed by atoms with Crippen LogP contribution in [0.4, 0.5) is 9.52 Å². The number of amides is 1. The van der Waals surface area contributed by atoms with Crippen LogP contribution in [0.3, 0.4) is 0 Å². The van der Waals surface area contributed by atoms with E-state index in [1.165, 1.54) is 48.4 Å². The number of anilines is 1. The Kier molecular flexibility index (Phi) is 4.48. The molecular weight excluding hydrogens is 331 g/mol. The molecule has 0 saturated heterocycles. The fourth-order valence-corrected chi connectivity index (χ4v) is 2.69. The van der Waals surface area contributed by atoms with E-state index in [0.29, 0.717) is 33.3 Å². The molecule has 0 spiro atoms. The minimum atomic E-state index is -0.421. The summed E-state index contributed by atoms with van der Waals surface area (Å²) in [6.07, 6.45) is 1.45. The molecule has 6 nitrogen and oxygen atoms in total. The summed E-state index contributed by atoms with van der Waals surface area (Å²) in [5.74, 6) is -0.358. The Morgan fingerprint density at radius 2 is 2.12 bits per heavy atom. The molecule has 1 amide bonds. The zero-order valence-corrected chi connectivity index (χ0v) is 13.7. The second kappa shape index (κ2) is 6.71. The van der Waals surface area contributed by atoms with Crippen molar-refractivity contribution >= 4 is 22.4 Å². The Bertz CT molecular complexity index is 884. The molecule has 0 radical (unpaired) electrons. The normalized spacial score (nSPS) is 10.5. The van der Waals surface area contributed by atoms with Crippen LogP contribution < -0.4 is 10.1 Å². The number of pyridine rings is 1. The van der Waals surface area contributed by atoms with Crippen molar-refractivity contribution < 1.29 is 13.9 Å². The Balaban J connectivity index is 2.09. The van der Waals surface area contributed by atoms with E-state index in [2.05, 4.69) is 20.5 Å². The van der Waals surface area contributed by atoms with Crippen molar-refractivity contribution in [2.45, 2.75) is 6.92 Å². The van der Waals surface area contributed by atoms with Gasteiger partial charge in [-0.25, -0.2) is 4.39 Å². The molecule has 0 fully saturated rings. The quantitative estimate of drug-likeness (QED) is 0.786. The third kappa shape index (κ3) is 3.23. The van der Waals surface area contributed by atoms with Crippen molar-refractivity contribution in [2.75, 3.05) is 12.4 Å². The van der Waals surface area contributed by atoms with Gasteiger partial charge in [-0.1, -0.05) is 11.3 Å². The van der Waals surface area contributed by atoms with Gasteiger partial charge in [-0.2, -0.15) is 0 Å². The van der Waals surface area contributed by atoms with Crippen LogP contribution in [-0.2, 0) is 0 Å². The molecule has 2 heterocycles. The second-order valence-electron chi connectivity index (χ2n) is 4.91. The summed E-state index contributed by atoms with van der Waals surface area (Å²) in [6.45, 7) is 1.79. The van der Waals surface area contributed by atoms with Crippen LogP contribution in [0.15, 0.2) is 36.0 Å². The number of nitrogens with zero attached hydrogens (tertiary/aromatic N) is 3. The van der Waals surface area contributed by atoms with Gasteiger partial charge in [0, 0.05) is 23.0 Å². The van der Waals surface area contributed by atoms with Crippen LogP contribution in [0.2, 0.25) is 0 Å². The number of hydrogen-bond acceptors (Lipinski definition) is 6. The zero-order valence-electron chi connectivity index (χ0n) is 12.9. The molecule has 122 valence electrons. The third-order valence-corrected chi connectivity index (χ3v) is 3.92. The highest BCUT2D eigenvalue weighted by molar-refractivity contribution is 7.13. The van der Waals surface area contributed by atoms with Crippen molar-refractivity contribution in [3.8, 4) is 16.9 Å². The third-order valence-electron chi connectivity index (χ3n) is 3.32. The molecule has 1 aromatic carbocycles. The summed E-state index contributed by atoms with van der Waals surface area (Å²) < 4.78 is 19.0. The first-order chi connectivity index (χ1) is 11.6. The highest BCUT2D eigenvalue weighted by atomic mass is 32.1. The summed E-state index contributed by atoms with van der Waals surface area (Å²) in [5.41, 5.74) is 3.51. The molecule has 2 aromatic heterocycles. The smallest absolute Gasteiger partial charge is 0.259 e. The van der Waals surface area contributed by atoms with E-state index in [1.54, 1.807) is 13.0 Å². The van der Waals surface area contributed by atoms with Gasteiger partial charge in [0.25, 0.3) is 5.91 Å². The highest BCUT2D eigenvalue weighted by Crippen LogP contribution is 2.33. The lowest BCUT2D eigenvalue weighted by Gasteiger charge is -2.13. The standard InChI is InChI=1S/C16H13FN4O2S/c1-9-5-11(12-6-10(17)3-4-14(12)23-2)13(7-18-9)15(22)20-16-21-19-8-24-16/h3-8H,1-2H3,(H,20,21,22). The Labute approximate surface area is 141 Å². The Morgan fingerprint density at radius 3 is 2.83 bits per heavy atom. The van der Waals surface area contributed by atoms with Crippen molar-refractivity contribution in [3.63, 3.8) is 0 Å². The molecular formula is C16H13FN4O2S. The van der Waals surface area contributed by atoms with E-state index in [1.807, 2.05) is 0 Å². The van der Waals surface area contributed by atoms with E-state index in [4.69, 9.17) is 4.74 Å². The van der Waals surface area contributed by atoms with Crippen molar-refractivity contribution in [2.24, 2.45) is 0 Å². The van der Waals surface area contributed by atoms with Gasteiger partial charge in [-0.15, -0.1) is 10.2 Å². The number of carbonyl (C=O) groups excluding carboxylic acids is 1. The molecule has 3 rings (SSSR count). The first-order valence-corrected chi connectivity index (χ1v) is 7.84. The van der Waals surface area contributed by atoms with Crippen LogP contribution in [0.5, 0.6) is 5.75 Å². The number of methoxy groups -OCH3 is 1. The first kappa shape index (κ1) is 16.0. The largest absolute Gasteiger partial charge is 0.496 e. The second-order valence-corrected chi connectivity index (χ2v) is 5.75. The van der Waals surface area contributed by atoms with Crippen LogP contribution >= 0.6 is 11.3 Å². The van der Waals surface area contributed by atoms with Gasteiger partial charge in [-0.3, -0.25) is 15.1 Å². The summed E-state index contributed by atoms with van der Waals surface area (Å²) in [6, 6.07) is 5.87. The molecule has 1 N–H and O–H groups in total. The van der Waals surface area contributed by atoms with Crippen molar-refractivity contribution in [1.29, 1.82) is 0 Å². The number of nitrogens with one attached hydrogen (secondary N) is 1. The molecule has 0 aliphatic rings. The van der Waals surface area contributed by atoms with E-state index in [9.17, 15) is 9.18 Å². The number of aromatic nitrogens is 3. The van der Waals surface area contributed by atoms with Gasteiger partial charge >= 0.3 is 0 Å². The lowest BCUT2D eigenvalue weighted by Crippen LogP contribution is -2.14. The number of hydrogen-bond donors (Lipinski definition) is 1. The molecule has 0 saturated carbocycles. The monoisotopic (exact) mass is 344 g/mol. The van der Waals surface area contributed by atoms with Gasteiger partial charge in [0.15, 0.2) is 0 Å². The van der Waals surface area contributed by atoms with Crippen molar-refractivity contribution in [1.82, 2.24) is 15.2 Å². The first-order valence-electron chi connectivity index (χ1n) is 6.96. The lowest BCUT2D eigenvalue weighted by atomic mass is 9.99. The summed E-state index contributed by atoms with van der Waals surface area (Å²) >= 11 is 1.20. The van der Waals surface area contributed by atoms with Crippen LogP contribution in [0.25, 0.3) is 11.1 Å². The van der Waals surface area contributed by atoms with Gasteiger partial charge in [0.05, 0.1) is 12.7 Å². The van der Waals surface area contributed by atoms with Gasteiger partial charge < -0.3 is 4.74 Å². The molecule has 0 atom stereocenters. The highest BCUT2D eigenvalue weighted by Gasteiger charge is 2.18. The Morgan fingerprint density at radius 1 is 1.29 bits per heavy atom. The number of rotatable bonds is 4. The minimum absolute atomic E-state index is 0.291. The predicted molar refractivity (Wildman–Crippen MR) is 88.8 cm³/mol. The number of carbonyl (C=O) groups is 1. The fourth-order valence-electron chi connectivity index (χ4n) is 2.25. The lowest BCUT2D eigenvalue weighted by molar-refractivity contribution is 0.102. The van der Waals surface area contributed by atoms with E-state index >= 15 is 0 Å². The molecule has 0 bridgehead atoms. The average molecular weight is 344 g/mol. The maximum atomic E-state index is 13.7. The van der Waals surface area contributed by atoms with Gasteiger partial charge in [-0.05, 0) is 31.2 Å². The number of aryl methyl sites for hydroxylation is 1. The van der Waals surface area contributed by atoms with Crippen LogP contribution in [0, 0.1) is 12.7 Å². The van der Waals surface area contributed by atoms with E-state index < -0.39 is 11.7 Å². The fraction of sp³-hybridized carbons (Fsp3) is 0.125. The maximum Gasteiger partial charge on any atom is 0.259 e. The topological polar surface area (TPSA) is 77.0 Å². The van der Waals surface area contributed by atoms with Gasteiger partial charge in [0.2, 0.25) is 5.13 Å². The molecule has 24 heavy (non-hydrogen) atoms. The maximum absolute atomic E-state index is 13.7. The number of halogens is 1. The zero-order chi connectivity index (χ0) is 17.1. The SMILES string of the molecule is COc1ccc(F)cc1-c1cc(C)ncc1C(=O)Nc1nncs1. The van der Waals surface area contributed by atoms with Crippen LogP contribution in [0.1, 0.15) is 16.1 Å². The molecule has 0 unspecified atom stereocenters. The number of benzene rings is 1. The molecule has 0 aliphatic carbocycles. The molecule has 3 aromatic rings. The number of ether oxygens (including phenoxy) is 1. The summed E-state index contributed by atoms with van der Waals surface area (Å²) in [7, 11) is 1.49. The minimum Gasteiger partial charge on any atom is -0.496 e. The van der Waals surface area contributed by atoms with E-state index in [-0.39, 0.29) is 0 Å². The molecule has 0 aliphatic heterocycles. The average Bonchev–Trinajstić information content (AvgIpc) is 3.07. The van der Waals surface area contributed by atoms with Gasteiger partial charge in [0.1, 0.15) is 17.1 Å². The Hall–Kier alpha value is -2.87. The predicted octanol–water partition coefficient (Wildman–Crippen LogP) is 3.31. The summed E-state index contributed by atoms with van der Waals surface area (Å²) in [5, 5.41) is 10.5. The summed E-state index contributed by atoms with van der Waals surface area (Å²) in [4.78, 5) is 16.7. The molecule has 8 heteroatoms.